The molecule has 0 unspecified atom stereocenters. The van der Waals surface area contributed by atoms with E-state index in [0.29, 0.717) is 26.2 Å². The van der Waals surface area contributed by atoms with Crippen LogP contribution in [0.1, 0.15) is 16.7 Å². The molecule has 2 aromatic rings. The molecule has 2 aromatic carbocycles. The molecule has 0 aromatic heterocycles. The van der Waals surface area contributed by atoms with Gasteiger partial charge in [-0.25, -0.2) is 12.8 Å². The average molecular weight is 362 g/mol. The zero-order chi connectivity index (χ0) is 18.0. The van der Waals surface area contributed by atoms with Gasteiger partial charge in [-0.3, -0.25) is 4.90 Å². The summed E-state index contributed by atoms with van der Waals surface area (Å²) >= 11 is 0. The number of sulfonamides is 1. The molecule has 4 nitrogen and oxygen atoms in total. The topological polar surface area (TPSA) is 40.6 Å². The van der Waals surface area contributed by atoms with Crippen LogP contribution in [0.2, 0.25) is 0 Å². The van der Waals surface area contributed by atoms with Gasteiger partial charge in [0.1, 0.15) is 10.7 Å². The fraction of sp³-hybridized carbons (Fsp3) is 0.368. The van der Waals surface area contributed by atoms with E-state index in [1.54, 1.807) is 6.07 Å². The third kappa shape index (κ3) is 4.08. The van der Waals surface area contributed by atoms with E-state index >= 15 is 0 Å². The van der Waals surface area contributed by atoms with Gasteiger partial charge in [-0.1, -0.05) is 41.5 Å². The lowest BCUT2D eigenvalue weighted by molar-refractivity contribution is 0.181. The fourth-order valence-corrected chi connectivity index (χ4v) is 4.83. The second kappa shape index (κ2) is 7.23. The fourth-order valence-electron chi connectivity index (χ4n) is 3.34. The van der Waals surface area contributed by atoms with E-state index < -0.39 is 15.8 Å². The van der Waals surface area contributed by atoms with Crippen molar-refractivity contribution in [2.75, 3.05) is 26.2 Å². The molecule has 1 fully saturated rings. The lowest BCUT2D eigenvalue weighted by atomic mass is 10.1. The Labute approximate surface area is 148 Å². The molecule has 1 saturated heterocycles. The number of benzene rings is 2. The Hall–Kier alpha value is -1.76. The summed E-state index contributed by atoms with van der Waals surface area (Å²) in [6.45, 7) is 6.99. The van der Waals surface area contributed by atoms with Crippen molar-refractivity contribution < 1.29 is 12.8 Å². The lowest BCUT2D eigenvalue weighted by Crippen LogP contribution is -2.48. The van der Waals surface area contributed by atoms with Crippen molar-refractivity contribution in [3.8, 4) is 0 Å². The van der Waals surface area contributed by atoms with Gasteiger partial charge in [0, 0.05) is 32.7 Å². The Morgan fingerprint density at radius 2 is 1.56 bits per heavy atom. The van der Waals surface area contributed by atoms with Crippen molar-refractivity contribution in [3.05, 3.63) is 65.0 Å². The van der Waals surface area contributed by atoms with E-state index in [-0.39, 0.29) is 4.90 Å². The minimum Gasteiger partial charge on any atom is -0.296 e. The Morgan fingerprint density at radius 1 is 0.960 bits per heavy atom. The van der Waals surface area contributed by atoms with Crippen LogP contribution < -0.4 is 0 Å². The molecule has 0 spiro atoms. The maximum absolute atomic E-state index is 13.9. The van der Waals surface area contributed by atoms with Crippen LogP contribution in [0.5, 0.6) is 0 Å². The summed E-state index contributed by atoms with van der Waals surface area (Å²) in [7, 11) is -3.77. The predicted octanol–water partition coefficient (Wildman–Crippen LogP) is 2.95. The molecule has 1 aliphatic rings. The zero-order valence-corrected chi connectivity index (χ0v) is 15.4. The lowest BCUT2D eigenvalue weighted by Gasteiger charge is -2.34. The normalized spacial score (nSPS) is 16.9. The summed E-state index contributed by atoms with van der Waals surface area (Å²) in [4.78, 5) is 2.00. The van der Waals surface area contributed by atoms with E-state index in [2.05, 4.69) is 36.9 Å². The summed E-state index contributed by atoms with van der Waals surface area (Å²) in [6, 6.07) is 12.0. The van der Waals surface area contributed by atoms with Gasteiger partial charge in [0.15, 0.2) is 0 Å². The molecule has 0 atom stereocenters. The zero-order valence-electron chi connectivity index (χ0n) is 14.6. The van der Waals surface area contributed by atoms with Crippen molar-refractivity contribution in [1.82, 2.24) is 9.21 Å². The van der Waals surface area contributed by atoms with Crippen molar-refractivity contribution >= 4 is 10.0 Å². The van der Waals surface area contributed by atoms with Gasteiger partial charge in [0.05, 0.1) is 0 Å². The molecule has 0 bridgehead atoms. The summed E-state index contributed by atoms with van der Waals surface area (Å²) in [5, 5.41) is 0. The highest BCUT2D eigenvalue weighted by molar-refractivity contribution is 7.89. The van der Waals surface area contributed by atoms with Gasteiger partial charge in [-0.05, 0) is 31.5 Å². The molecule has 0 saturated carbocycles. The molecule has 0 N–H and O–H groups in total. The van der Waals surface area contributed by atoms with Gasteiger partial charge in [0.2, 0.25) is 10.0 Å². The van der Waals surface area contributed by atoms with Crippen LogP contribution in [0.15, 0.2) is 47.4 Å². The number of hydrogen-bond donors (Lipinski definition) is 0. The van der Waals surface area contributed by atoms with Crippen LogP contribution in [0.3, 0.4) is 0 Å². The molecule has 3 rings (SSSR count). The van der Waals surface area contributed by atoms with Crippen LogP contribution in [-0.2, 0) is 16.6 Å². The van der Waals surface area contributed by atoms with E-state index in [1.165, 1.54) is 39.2 Å². The van der Waals surface area contributed by atoms with Crippen LogP contribution >= 0.6 is 0 Å². The molecule has 134 valence electrons. The highest BCUT2D eigenvalue weighted by atomic mass is 32.2. The third-order valence-corrected chi connectivity index (χ3v) is 6.41. The Kier molecular flexibility index (Phi) is 5.22. The maximum Gasteiger partial charge on any atom is 0.246 e. The van der Waals surface area contributed by atoms with Gasteiger partial charge >= 0.3 is 0 Å². The molecule has 25 heavy (non-hydrogen) atoms. The van der Waals surface area contributed by atoms with Crippen molar-refractivity contribution in [3.63, 3.8) is 0 Å². The smallest absolute Gasteiger partial charge is 0.246 e. The first kappa shape index (κ1) is 18.0. The Morgan fingerprint density at radius 3 is 2.16 bits per heavy atom. The molecule has 6 heteroatoms. The number of rotatable bonds is 4. The third-order valence-electron chi connectivity index (χ3n) is 4.47. The Balaban J connectivity index is 1.66. The molecule has 1 heterocycles. The molecule has 0 amide bonds. The summed E-state index contributed by atoms with van der Waals surface area (Å²) in [6.07, 6.45) is 0. The van der Waals surface area contributed by atoms with E-state index in [1.807, 2.05) is 0 Å². The largest absolute Gasteiger partial charge is 0.296 e. The van der Waals surface area contributed by atoms with E-state index in [4.69, 9.17) is 0 Å². The standard InChI is InChI=1S/C19H23FN2O2S/c1-15-11-16(2)13-17(12-15)14-21-7-9-22(10-8-21)25(23,24)19-6-4-3-5-18(19)20/h3-6,11-13H,7-10,14H2,1-2H3. The van der Waals surface area contributed by atoms with E-state index in [0.717, 1.165) is 6.54 Å². The van der Waals surface area contributed by atoms with Crippen LogP contribution in [0.4, 0.5) is 4.39 Å². The van der Waals surface area contributed by atoms with Gasteiger partial charge in [-0.15, -0.1) is 0 Å². The number of hydrogen-bond acceptors (Lipinski definition) is 3. The molecule has 0 aliphatic carbocycles. The summed E-state index contributed by atoms with van der Waals surface area (Å²) in [5.41, 5.74) is 3.70. The maximum atomic E-state index is 13.9. The van der Waals surface area contributed by atoms with E-state index in [9.17, 15) is 12.8 Å². The van der Waals surface area contributed by atoms with Crippen LogP contribution in [0, 0.1) is 19.7 Å². The van der Waals surface area contributed by atoms with Crippen molar-refractivity contribution in [1.29, 1.82) is 0 Å². The number of nitrogens with zero attached hydrogens (tertiary/aromatic N) is 2. The van der Waals surface area contributed by atoms with Gasteiger partial charge in [-0.2, -0.15) is 4.31 Å². The number of aryl methyl sites for hydroxylation is 2. The molecular formula is C19H23FN2O2S. The van der Waals surface area contributed by atoms with Gasteiger partial charge in [0.25, 0.3) is 0 Å². The predicted molar refractivity (Wildman–Crippen MR) is 96.4 cm³/mol. The second-order valence-electron chi connectivity index (χ2n) is 6.61. The van der Waals surface area contributed by atoms with Crippen LogP contribution in [0.25, 0.3) is 0 Å². The first-order valence-corrected chi connectivity index (χ1v) is 9.84. The molecular weight excluding hydrogens is 339 g/mol. The monoisotopic (exact) mass is 362 g/mol. The highest BCUT2D eigenvalue weighted by Gasteiger charge is 2.30. The average Bonchev–Trinajstić information content (AvgIpc) is 2.54. The van der Waals surface area contributed by atoms with Crippen molar-refractivity contribution in [2.45, 2.75) is 25.3 Å². The number of halogens is 1. The second-order valence-corrected chi connectivity index (χ2v) is 8.51. The molecule has 1 aliphatic heterocycles. The minimum atomic E-state index is -3.77. The minimum absolute atomic E-state index is 0.238. The number of piperazine rings is 1. The molecule has 0 radical (unpaired) electrons. The summed E-state index contributed by atoms with van der Waals surface area (Å²) in [5.74, 6) is -0.694. The van der Waals surface area contributed by atoms with Gasteiger partial charge < -0.3 is 0 Å². The van der Waals surface area contributed by atoms with Crippen molar-refractivity contribution in [2.24, 2.45) is 0 Å². The first-order chi connectivity index (χ1) is 11.9. The SMILES string of the molecule is Cc1cc(C)cc(CN2CCN(S(=O)(=O)c3ccccc3F)CC2)c1. The van der Waals surface area contributed by atoms with Crippen LogP contribution in [-0.4, -0.2) is 43.8 Å². The summed E-state index contributed by atoms with van der Waals surface area (Å²) < 4.78 is 40.5. The Bertz CT molecular complexity index is 839. The quantitative estimate of drug-likeness (QED) is 0.840. The first-order valence-electron chi connectivity index (χ1n) is 8.40. The highest BCUT2D eigenvalue weighted by Crippen LogP contribution is 2.21.